The number of carbonyl (C=O) groups excluding carboxylic acids is 3. The summed E-state index contributed by atoms with van der Waals surface area (Å²) in [4.78, 5) is 37.9. The van der Waals surface area contributed by atoms with E-state index in [1.807, 2.05) is 24.3 Å². The van der Waals surface area contributed by atoms with Crippen LogP contribution in [0, 0.1) is 5.92 Å². The molecule has 2 aromatic carbocycles. The Kier molecular flexibility index (Phi) is 5.78. The molecule has 1 heterocycles. The number of hydrogen-bond acceptors (Lipinski definition) is 3. The molecule has 0 aromatic heterocycles. The predicted octanol–water partition coefficient (Wildman–Crippen LogP) is 3.76. The topological polar surface area (TPSA) is 78.5 Å². The summed E-state index contributed by atoms with van der Waals surface area (Å²) in [6, 6.07) is 14.8. The smallest absolute Gasteiger partial charge is 0.229 e. The van der Waals surface area contributed by atoms with Crippen LogP contribution in [0.5, 0.6) is 0 Å². The average molecular weight is 379 g/mol. The van der Waals surface area contributed by atoms with Crippen LogP contribution in [0.15, 0.2) is 48.5 Å². The number of benzene rings is 2. The van der Waals surface area contributed by atoms with Gasteiger partial charge in [-0.05, 0) is 41.8 Å². The van der Waals surface area contributed by atoms with E-state index in [2.05, 4.69) is 24.5 Å². The first-order chi connectivity index (χ1) is 13.3. The number of rotatable bonds is 5. The third-order valence-corrected chi connectivity index (χ3v) is 4.84. The third kappa shape index (κ3) is 4.39. The second-order valence-corrected chi connectivity index (χ2v) is 7.36. The van der Waals surface area contributed by atoms with Gasteiger partial charge in [0.1, 0.15) is 0 Å². The predicted molar refractivity (Wildman–Crippen MR) is 110 cm³/mol. The van der Waals surface area contributed by atoms with Crippen LogP contribution in [0.25, 0.3) is 0 Å². The first-order valence-corrected chi connectivity index (χ1v) is 9.43. The Labute approximate surface area is 164 Å². The molecule has 146 valence electrons. The molecular weight excluding hydrogens is 354 g/mol. The van der Waals surface area contributed by atoms with Gasteiger partial charge < -0.3 is 15.5 Å². The zero-order valence-electron chi connectivity index (χ0n) is 16.4. The highest BCUT2D eigenvalue weighted by Crippen LogP contribution is 2.29. The summed E-state index contributed by atoms with van der Waals surface area (Å²) in [6.07, 6.45) is 0.184. The Bertz CT molecular complexity index is 890. The fourth-order valence-corrected chi connectivity index (χ4v) is 3.41. The Morgan fingerprint density at radius 2 is 1.71 bits per heavy atom. The molecule has 3 amide bonds. The van der Waals surface area contributed by atoms with Gasteiger partial charge in [0, 0.05) is 37.0 Å². The molecule has 28 heavy (non-hydrogen) atoms. The van der Waals surface area contributed by atoms with Crippen molar-refractivity contribution in [2.24, 2.45) is 5.92 Å². The van der Waals surface area contributed by atoms with Crippen molar-refractivity contribution >= 4 is 34.8 Å². The van der Waals surface area contributed by atoms with Crippen LogP contribution in [0.1, 0.15) is 38.7 Å². The lowest BCUT2D eigenvalue weighted by Crippen LogP contribution is -2.28. The van der Waals surface area contributed by atoms with E-state index in [0.717, 1.165) is 16.9 Å². The van der Waals surface area contributed by atoms with Crippen molar-refractivity contribution in [3.05, 3.63) is 54.1 Å². The zero-order valence-corrected chi connectivity index (χ0v) is 16.4. The van der Waals surface area contributed by atoms with Gasteiger partial charge in [-0.2, -0.15) is 0 Å². The van der Waals surface area contributed by atoms with Crippen molar-refractivity contribution in [2.75, 3.05) is 22.1 Å². The minimum atomic E-state index is -0.400. The first kappa shape index (κ1) is 19.6. The maximum absolute atomic E-state index is 12.7. The summed E-state index contributed by atoms with van der Waals surface area (Å²) < 4.78 is 0. The Morgan fingerprint density at radius 3 is 2.36 bits per heavy atom. The number of para-hydroxylation sites is 1. The molecule has 1 aliphatic rings. The van der Waals surface area contributed by atoms with Gasteiger partial charge in [-0.15, -0.1) is 0 Å². The Hall–Kier alpha value is -3.15. The fourth-order valence-electron chi connectivity index (χ4n) is 3.41. The van der Waals surface area contributed by atoms with Gasteiger partial charge in [-0.3, -0.25) is 14.4 Å². The van der Waals surface area contributed by atoms with Crippen LogP contribution >= 0.6 is 0 Å². The van der Waals surface area contributed by atoms with Crippen LogP contribution in [0.2, 0.25) is 0 Å². The van der Waals surface area contributed by atoms with Crippen LogP contribution in [-0.4, -0.2) is 24.3 Å². The molecule has 0 aliphatic carbocycles. The second-order valence-electron chi connectivity index (χ2n) is 7.36. The molecular formula is C22H25N3O3. The molecule has 2 N–H and O–H groups in total. The summed E-state index contributed by atoms with van der Waals surface area (Å²) in [6.45, 7) is 5.94. The van der Waals surface area contributed by atoms with Crippen molar-refractivity contribution in [1.82, 2.24) is 0 Å². The van der Waals surface area contributed by atoms with E-state index < -0.39 is 5.92 Å². The number of anilines is 3. The van der Waals surface area contributed by atoms with Crippen LogP contribution in [0.3, 0.4) is 0 Å². The minimum absolute atomic E-state index is 0.0791. The molecule has 0 radical (unpaired) electrons. The zero-order chi connectivity index (χ0) is 20.3. The largest absolute Gasteiger partial charge is 0.326 e. The standard InChI is InChI=1S/C22H25N3O3/c1-14(2)19-6-4-5-7-20(19)24-22(28)16-12-21(27)25(13-16)18-10-8-17(9-11-18)23-15(3)26/h4-11,14,16H,12-13H2,1-3H3,(H,23,26)(H,24,28). The van der Waals surface area contributed by atoms with Crippen LogP contribution < -0.4 is 15.5 Å². The monoisotopic (exact) mass is 379 g/mol. The number of amides is 3. The third-order valence-electron chi connectivity index (χ3n) is 4.84. The van der Waals surface area contributed by atoms with Gasteiger partial charge in [0.25, 0.3) is 0 Å². The molecule has 1 saturated heterocycles. The quantitative estimate of drug-likeness (QED) is 0.830. The van der Waals surface area contributed by atoms with Crippen molar-refractivity contribution in [1.29, 1.82) is 0 Å². The Balaban J connectivity index is 1.69. The van der Waals surface area contributed by atoms with E-state index in [-0.39, 0.29) is 24.1 Å². The SMILES string of the molecule is CC(=O)Nc1ccc(N2CC(C(=O)Nc3ccccc3C(C)C)CC2=O)cc1. The number of nitrogens with zero attached hydrogens (tertiary/aromatic N) is 1. The molecule has 0 saturated carbocycles. The van der Waals surface area contributed by atoms with E-state index in [4.69, 9.17) is 0 Å². The molecule has 6 heteroatoms. The number of hydrogen-bond donors (Lipinski definition) is 2. The number of nitrogens with one attached hydrogen (secondary N) is 2. The van der Waals surface area contributed by atoms with Crippen molar-refractivity contribution in [3.63, 3.8) is 0 Å². The number of carbonyl (C=O) groups is 3. The van der Waals surface area contributed by atoms with E-state index >= 15 is 0 Å². The molecule has 0 bridgehead atoms. The fraction of sp³-hybridized carbons (Fsp3) is 0.318. The van der Waals surface area contributed by atoms with Gasteiger partial charge in [0.2, 0.25) is 17.7 Å². The molecule has 1 fully saturated rings. The van der Waals surface area contributed by atoms with E-state index in [9.17, 15) is 14.4 Å². The molecule has 2 aromatic rings. The second kappa shape index (κ2) is 8.25. The van der Waals surface area contributed by atoms with E-state index in [0.29, 0.717) is 18.2 Å². The molecule has 1 aliphatic heterocycles. The summed E-state index contributed by atoms with van der Waals surface area (Å²) >= 11 is 0. The summed E-state index contributed by atoms with van der Waals surface area (Å²) in [5.41, 5.74) is 3.26. The van der Waals surface area contributed by atoms with Gasteiger partial charge in [0.05, 0.1) is 5.92 Å². The highest BCUT2D eigenvalue weighted by atomic mass is 16.2. The van der Waals surface area contributed by atoms with Gasteiger partial charge in [0.15, 0.2) is 0 Å². The minimum Gasteiger partial charge on any atom is -0.326 e. The maximum atomic E-state index is 12.7. The van der Waals surface area contributed by atoms with Crippen LogP contribution in [-0.2, 0) is 14.4 Å². The maximum Gasteiger partial charge on any atom is 0.229 e. The molecule has 1 unspecified atom stereocenters. The summed E-state index contributed by atoms with van der Waals surface area (Å²) in [5.74, 6) is -0.477. The summed E-state index contributed by atoms with van der Waals surface area (Å²) in [5, 5.41) is 5.69. The van der Waals surface area contributed by atoms with Crippen molar-refractivity contribution in [3.8, 4) is 0 Å². The van der Waals surface area contributed by atoms with Gasteiger partial charge in [-0.25, -0.2) is 0 Å². The lowest BCUT2D eigenvalue weighted by atomic mass is 10.0. The van der Waals surface area contributed by atoms with Gasteiger partial charge >= 0.3 is 0 Å². The molecule has 3 rings (SSSR count). The molecule has 1 atom stereocenters. The van der Waals surface area contributed by atoms with Gasteiger partial charge in [-0.1, -0.05) is 32.0 Å². The highest BCUT2D eigenvalue weighted by molar-refractivity contribution is 6.04. The normalized spacial score (nSPS) is 16.4. The van der Waals surface area contributed by atoms with E-state index in [1.165, 1.54) is 6.92 Å². The highest BCUT2D eigenvalue weighted by Gasteiger charge is 2.35. The molecule has 6 nitrogen and oxygen atoms in total. The average Bonchev–Trinajstić information content (AvgIpc) is 3.04. The van der Waals surface area contributed by atoms with Crippen LogP contribution in [0.4, 0.5) is 17.1 Å². The van der Waals surface area contributed by atoms with Crippen molar-refractivity contribution in [2.45, 2.75) is 33.1 Å². The van der Waals surface area contributed by atoms with E-state index in [1.54, 1.807) is 29.2 Å². The summed E-state index contributed by atoms with van der Waals surface area (Å²) in [7, 11) is 0. The lowest BCUT2D eigenvalue weighted by molar-refractivity contribution is -0.122. The first-order valence-electron chi connectivity index (χ1n) is 9.43. The molecule has 0 spiro atoms. The van der Waals surface area contributed by atoms with Crippen molar-refractivity contribution < 1.29 is 14.4 Å². The lowest BCUT2D eigenvalue weighted by Gasteiger charge is -2.18. The Morgan fingerprint density at radius 1 is 1.04 bits per heavy atom.